The molecule has 4 rings (SSSR count). The highest BCUT2D eigenvalue weighted by Crippen LogP contribution is 2.44. The molecule has 2 aromatic rings. The zero-order valence-electron chi connectivity index (χ0n) is 14.6. The molecule has 3 atom stereocenters. The summed E-state index contributed by atoms with van der Waals surface area (Å²) in [6.45, 7) is 1.70. The van der Waals surface area contributed by atoms with E-state index < -0.39 is 0 Å². The van der Waals surface area contributed by atoms with E-state index in [2.05, 4.69) is 70.9 Å². The lowest BCUT2D eigenvalue weighted by Crippen LogP contribution is -2.45. The van der Waals surface area contributed by atoms with E-state index in [9.17, 15) is 0 Å². The second-order valence-electron chi connectivity index (χ2n) is 7.56. The van der Waals surface area contributed by atoms with Gasteiger partial charge in [-0.1, -0.05) is 67.1 Å². The van der Waals surface area contributed by atoms with Crippen molar-refractivity contribution in [3.8, 4) is 0 Å². The van der Waals surface area contributed by atoms with E-state index in [1.54, 1.807) is 0 Å². The third-order valence-corrected chi connectivity index (χ3v) is 6.14. The lowest BCUT2D eigenvalue weighted by molar-refractivity contribution is 0.351. The van der Waals surface area contributed by atoms with Crippen LogP contribution >= 0.6 is 12.2 Å². The van der Waals surface area contributed by atoms with Gasteiger partial charge >= 0.3 is 0 Å². The molecule has 2 fully saturated rings. The summed E-state index contributed by atoms with van der Waals surface area (Å²) in [6.07, 6.45) is 5.50. The molecule has 2 saturated carbocycles. The zero-order chi connectivity index (χ0) is 17.1. The van der Waals surface area contributed by atoms with E-state index in [0.29, 0.717) is 6.04 Å². The fourth-order valence-electron chi connectivity index (χ4n) is 4.48. The molecule has 0 aliphatic heterocycles. The maximum Gasteiger partial charge on any atom is 0.169 e. The van der Waals surface area contributed by atoms with Gasteiger partial charge in [0.1, 0.15) is 0 Å². The topological polar surface area (TPSA) is 15.3 Å². The van der Waals surface area contributed by atoms with Gasteiger partial charge in [-0.25, -0.2) is 0 Å². The summed E-state index contributed by atoms with van der Waals surface area (Å²) < 4.78 is 0. The molecule has 3 heteroatoms. The van der Waals surface area contributed by atoms with Gasteiger partial charge in [0.05, 0.1) is 0 Å². The molecule has 130 valence electrons. The van der Waals surface area contributed by atoms with Gasteiger partial charge in [0.2, 0.25) is 0 Å². The lowest BCUT2D eigenvalue weighted by atomic mass is 9.95. The third kappa shape index (κ3) is 4.04. The summed E-state index contributed by atoms with van der Waals surface area (Å²) in [5.74, 6) is 1.76. The Labute approximate surface area is 156 Å². The normalized spacial score (nSPS) is 24.2. The van der Waals surface area contributed by atoms with Crippen molar-refractivity contribution < 1.29 is 0 Å². The van der Waals surface area contributed by atoms with E-state index in [-0.39, 0.29) is 0 Å². The third-order valence-electron chi connectivity index (χ3n) is 5.77. The van der Waals surface area contributed by atoms with Gasteiger partial charge in [-0.2, -0.15) is 0 Å². The first kappa shape index (κ1) is 16.6. The predicted octanol–water partition coefficient (Wildman–Crippen LogP) is 4.75. The molecule has 0 amide bonds. The first-order valence-corrected chi connectivity index (χ1v) is 9.82. The number of fused-ring (bicyclic) bond motifs is 2. The molecule has 0 radical (unpaired) electrons. The van der Waals surface area contributed by atoms with Crippen LogP contribution in [0.25, 0.3) is 0 Å². The minimum atomic E-state index is 0.584. The van der Waals surface area contributed by atoms with Crippen molar-refractivity contribution >= 4 is 17.3 Å². The molecule has 2 aliphatic carbocycles. The Morgan fingerprint density at radius 1 is 0.880 bits per heavy atom. The first-order chi connectivity index (χ1) is 12.3. The van der Waals surface area contributed by atoms with Crippen molar-refractivity contribution in [2.75, 3.05) is 0 Å². The first-order valence-electron chi connectivity index (χ1n) is 9.41. The SMILES string of the molecule is S=C(N[C@H]1C[C@@H]2CC[C@@H]1C2)N(Cc1ccccc1)Cc1ccccc1. The highest BCUT2D eigenvalue weighted by Gasteiger charge is 2.40. The van der Waals surface area contributed by atoms with Gasteiger partial charge in [-0.15, -0.1) is 0 Å². The summed E-state index contributed by atoms with van der Waals surface area (Å²) in [5.41, 5.74) is 2.60. The Balaban J connectivity index is 1.46. The fraction of sp³-hybridized carbons (Fsp3) is 0.409. The summed E-state index contributed by atoms with van der Waals surface area (Å²) in [5, 5.41) is 4.62. The van der Waals surface area contributed by atoms with E-state index in [4.69, 9.17) is 12.2 Å². The number of rotatable bonds is 5. The molecule has 0 heterocycles. The quantitative estimate of drug-likeness (QED) is 0.783. The Kier molecular flexibility index (Phi) is 5.02. The van der Waals surface area contributed by atoms with Crippen LogP contribution in [0.5, 0.6) is 0 Å². The van der Waals surface area contributed by atoms with Crippen LogP contribution in [0.1, 0.15) is 36.8 Å². The van der Waals surface area contributed by atoms with Crippen LogP contribution in [0.15, 0.2) is 60.7 Å². The van der Waals surface area contributed by atoms with Gasteiger partial charge < -0.3 is 10.2 Å². The van der Waals surface area contributed by atoms with E-state index in [1.807, 2.05) is 0 Å². The largest absolute Gasteiger partial charge is 0.360 e. The summed E-state index contributed by atoms with van der Waals surface area (Å²) in [7, 11) is 0. The molecule has 2 bridgehead atoms. The van der Waals surface area contributed by atoms with E-state index in [1.165, 1.54) is 36.8 Å². The van der Waals surface area contributed by atoms with Crippen LogP contribution in [0, 0.1) is 11.8 Å². The van der Waals surface area contributed by atoms with Crippen LogP contribution in [0.2, 0.25) is 0 Å². The van der Waals surface area contributed by atoms with Gasteiger partial charge in [-0.3, -0.25) is 0 Å². The average Bonchev–Trinajstić information content (AvgIpc) is 3.26. The van der Waals surface area contributed by atoms with Crippen LogP contribution in [-0.4, -0.2) is 16.1 Å². The summed E-state index contributed by atoms with van der Waals surface area (Å²) in [4.78, 5) is 2.31. The van der Waals surface area contributed by atoms with Gasteiger partial charge in [0.15, 0.2) is 5.11 Å². The monoisotopic (exact) mass is 350 g/mol. The zero-order valence-corrected chi connectivity index (χ0v) is 15.4. The summed E-state index contributed by atoms with van der Waals surface area (Å²) >= 11 is 5.84. The molecule has 0 saturated heterocycles. The Bertz CT molecular complexity index is 659. The fourth-order valence-corrected chi connectivity index (χ4v) is 4.76. The summed E-state index contributed by atoms with van der Waals surface area (Å²) in [6, 6.07) is 21.8. The highest BCUT2D eigenvalue weighted by molar-refractivity contribution is 7.80. The Morgan fingerprint density at radius 3 is 1.96 bits per heavy atom. The maximum absolute atomic E-state index is 5.84. The molecule has 2 nitrogen and oxygen atoms in total. The molecule has 25 heavy (non-hydrogen) atoms. The molecule has 2 aliphatic rings. The van der Waals surface area contributed by atoms with Crippen molar-refractivity contribution in [1.29, 1.82) is 0 Å². The van der Waals surface area contributed by atoms with Crippen LogP contribution in [0.4, 0.5) is 0 Å². The van der Waals surface area contributed by atoms with Gasteiger partial charge in [-0.05, 0) is 54.4 Å². The molecular formula is C22H26N2S. The van der Waals surface area contributed by atoms with Crippen molar-refractivity contribution in [3.05, 3.63) is 71.8 Å². The maximum atomic E-state index is 5.84. The standard InChI is InChI=1S/C22H26N2S/c25-22(23-21-14-19-11-12-20(21)13-19)24(15-17-7-3-1-4-8-17)16-18-9-5-2-6-10-18/h1-10,19-21H,11-16H2,(H,23,25)/t19-,20-,21+/m1/s1. The van der Waals surface area contributed by atoms with Gasteiger partial charge in [0, 0.05) is 19.1 Å². The smallest absolute Gasteiger partial charge is 0.169 e. The van der Waals surface area contributed by atoms with Gasteiger partial charge in [0.25, 0.3) is 0 Å². The highest BCUT2D eigenvalue weighted by atomic mass is 32.1. The predicted molar refractivity (Wildman–Crippen MR) is 107 cm³/mol. The number of hydrogen-bond donors (Lipinski definition) is 1. The average molecular weight is 351 g/mol. The molecule has 0 aromatic heterocycles. The number of hydrogen-bond acceptors (Lipinski definition) is 1. The minimum Gasteiger partial charge on any atom is -0.360 e. The second-order valence-corrected chi connectivity index (χ2v) is 7.94. The lowest BCUT2D eigenvalue weighted by Gasteiger charge is -2.31. The van der Waals surface area contributed by atoms with Crippen LogP contribution in [0.3, 0.4) is 0 Å². The molecule has 0 spiro atoms. The number of thiocarbonyl (C=S) groups is 1. The van der Waals surface area contributed by atoms with Crippen molar-refractivity contribution in [1.82, 2.24) is 10.2 Å². The minimum absolute atomic E-state index is 0.584. The van der Waals surface area contributed by atoms with Crippen molar-refractivity contribution in [3.63, 3.8) is 0 Å². The molecular weight excluding hydrogens is 324 g/mol. The molecule has 2 aromatic carbocycles. The Morgan fingerprint density at radius 2 is 1.48 bits per heavy atom. The van der Waals surface area contributed by atoms with Crippen molar-refractivity contribution in [2.24, 2.45) is 11.8 Å². The number of nitrogens with one attached hydrogen (secondary N) is 1. The van der Waals surface area contributed by atoms with Crippen LogP contribution < -0.4 is 5.32 Å². The van der Waals surface area contributed by atoms with E-state index >= 15 is 0 Å². The number of benzene rings is 2. The van der Waals surface area contributed by atoms with E-state index in [0.717, 1.165) is 30.0 Å². The number of nitrogens with zero attached hydrogens (tertiary/aromatic N) is 1. The molecule has 1 N–H and O–H groups in total. The molecule has 0 unspecified atom stereocenters. The van der Waals surface area contributed by atoms with Crippen LogP contribution in [-0.2, 0) is 13.1 Å². The van der Waals surface area contributed by atoms with Crippen molar-refractivity contribution in [2.45, 2.75) is 44.8 Å². The second kappa shape index (κ2) is 7.57. The Hall–Kier alpha value is -1.87.